The van der Waals surface area contributed by atoms with Crippen LogP contribution in [0.25, 0.3) is 0 Å². The molecule has 0 heterocycles. The molecule has 0 fully saturated rings. The Morgan fingerprint density at radius 1 is 1.67 bits per heavy atom. The van der Waals surface area contributed by atoms with Gasteiger partial charge in [-0.15, -0.1) is 6.58 Å². The maximum absolute atomic E-state index is 9.74. The van der Waals surface area contributed by atoms with Crippen LogP contribution in [0.15, 0.2) is 12.2 Å². The van der Waals surface area contributed by atoms with Crippen LogP contribution in [-0.2, 0) is 0 Å². The first-order chi connectivity index (χ1) is 5.48. The van der Waals surface area contributed by atoms with Crippen LogP contribution < -0.4 is 0 Å². The first-order valence-corrected chi connectivity index (χ1v) is 4.21. The second kappa shape index (κ2) is 4.95. The molecule has 0 aliphatic rings. The average molecular weight is 167 g/mol. The van der Waals surface area contributed by atoms with Crippen molar-refractivity contribution in [2.45, 2.75) is 45.1 Å². The summed E-state index contributed by atoms with van der Waals surface area (Å²) in [6.07, 6.45) is 2.58. The maximum Gasteiger partial charge on any atom is 0.0656 e. The third kappa shape index (κ3) is 5.94. The fourth-order valence-electron chi connectivity index (χ4n) is 1.29. The van der Waals surface area contributed by atoms with E-state index < -0.39 is 5.60 Å². The van der Waals surface area contributed by atoms with Gasteiger partial charge in [-0.2, -0.15) is 5.26 Å². The molecule has 0 spiro atoms. The van der Waals surface area contributed by atoms with Crippen LogP contribution in [0.2, 0.25) is 0 Å². The van der Waals surface area contributed by atoms with E-state index in [0.717, 1.165) is 12.0 Å². The Kier molecular flexibility index (Phi) is 4.61. The Morgan fingerprint density at radius 3 is 2.67 bits per heavy atom. The summed E-state index contributed by atoms with van der Waals surface area (Å²) in [4.78, 5) is 0. The highest BCUT2D eigenvalue weighted by atomic mass is 16.3. The molecule has 1 unspecified atom stereocenters. The highest BCUT2D eigenvalue weighted by molar-refractivity contribution is 4.95. The monoisotopic (exact) mass is 167 g/mol. The summed E-state index contributed by atoms with van der Waals surface area (Å²) in [5.41, 5.74) is 0.305. The highest BCUT2D eigenvalue weighted by Crippen LogP contribution is 2.20. The van der Waals surface area contributed by atoms with Gasteiger partial charge in [-0.1, -0.05) is 5.57 Å². The van der Waals surface area contributed by atoms with Crippen molar-refractivity contribution in [1.29, 1.82) is 5.26 Å². The van der Waals surface area contributed by atoms with Crippen molar-refractivity contribution >= 4 is 0 Å². The van der Waals surface area contributed by atoms with E-state index in [0.29, 0.717) is 19.3 Å². The second-order valence-corrected chi connectivity index (χ2v) is 3.64. The number of hydrogen-bond donors (Lipinski definition) is 1. The minimum atomic E-state index is -0.678. The highest BCUT2D eigenvalue weighted by Gasteiger charge is 2.19. The van der Waals surface area contributed by atoms with Gasteiger partial charge in [0.05, 0.1) is 11.7 Å². The average Bonchev–Trinajstić information content (AvgIpc) is 1.84. The fourth-order valence-corrected chi connectivity index (χ4v) is 1.29. The lowest BCUT2D eigenvalue weighted by atomic mass is 9.92. The Hall–Kier alpha value is -0.810. The van der Waals surface area contributed by atoms with Crippen LogP contribution in [0.5, 0.6) is 0 Å². The van der Waals surface area contributed by atoms with E-state index in [-0.39, 0.29) is 0 Å². The van der Waals surface area contributed by atoms with Crippen molar-refractivity contribution in [3.05, 3.63) is 12.2 Å². The molecule has 0 aromatic heterocycles. The van der Waals surface area contributed by atoms with Gasteiger partial charge in [0.25, 0.3) is 0 Å². The molecule has 0 aromatic rings. The van der Waals surface area contributed by atoms with Crippen LogP contribution >= 0.6 is 0 Å². The molecule has 0 saturated carbocycles. The predicted molar refractivity (Wildman–Crippen MR) is 49.5 cm³/mol. The number of nitrogens with zero attached hydrogens (tertiary/aromatic N) is 1. The van der Waals surface area contributed by atoms with Crippen molar-refractivity contribution in [2.75, 3.05) is 0 Å². The molecule has 68 valence electrons. The van der Waals surface area contributed by atoms with E-state index in [1.165, 1.54) is 0 Å². The van der Waals surface area contributed by atoms with Crippen LogP contribution in [0.4, 0.5) is 0 Å². The van der Waals surface area contributed by atoms with Crippen molar-refractivity contribution in [3.63, 3.8) is 0 Å². The van der Waals surface area contributed by atoms with Crippen molar-refractivity contribution < 1.29 is 5.11 Å². The molecule has 0 aliphatic heterocycles. The smallest absolute Gasteiger partial charge is 0.0656 e. The van der Waals surface area contributed by atoms with Gasteiger partial charge < -0.3 is 5.11 Å². The minimum absolute atomic E-state index is 0.520. The number of nitriles is 1. The zero-order valence-corrected chi connectivity index (χ0v) is 7.93. The van der Waals surface area contributed by atoms with E-state index in [4.69, 9.17) is 5.26 Å². The van der Waals surface area contributed by atoms with Crippen LogP contribution in [0.1, 0.15) is 39.5 Å². The summed E-state index contributed by atoms with van der Waals surface area (Å²) in [6, 6.07) is 2.06. The van der Waals surface area contributed by atoms with Crippen LogP contribution in [0, 0.1) is 11.3 Å². The summed E-state index contributed by atoms with van der Waals surface area (Å²) in [5, 5.41) is 18.0. The van der Waals surface area contributed by atoms with E-state index in [1.54, 1.807) is 6.92 Å². The molecule has 2 heteroatoms. The summed E-state index contributed by atoms with van der Waals surface area (Å²) in [5.74, 6) is 0. The lowest BCUT2D eigenvalue weighted by Crippen LogP contribution is -2.23. The van der Waals surface area contributed by atoms with Gasteiger partial charge in [0.2, 0.25) is 0 Å². The predicted octanol–water partition coefficient (Wildman–Crippen LogP) is 2.40. The van der Waals surface area contributed by atoms with Crippen molar-refractivity contribution in [3.8, 4) is 6.07 Å². The number of aliphatic hydroxyl groups is 1. The maximum atomic E-state index is 9.74. The summed E-state index contributed by atoms with van der Waals surface area (Å²) in [6.45, 7) is 7.44. The normalized spacial score (nSPS) is 14.8. The van der Waals surface area contributed by atoms with Gasteiger partial charge >= 0.3 is 0 Å². The molecular weight excluding hydrogens is 150 g/mol. The number of hydrogen-bond acceptors (Lipinski definition) is 2. The molecule has 12 heavy (non-hydrogen) atoms. The Labute approximate surface area is 74.5 Å². The quantitative estimate of drug-likeness (QED) is 0.504. The Morgan fingerprint density at radius 2 is 2.25 bits per heavy atom. The van der Waals surface area contributed by atoms with Gasteiger partial charge in [0, 0.05) is 6.42 Å². The lowest BCUT2D eigenvalue weighted by Gasteiger charge is -2.22. The van der Waals surface area contributed by atoms with Gasteiger partial charge in [-0.05, 0) is 33.1 Å². The number of unbranched alkanes of at least 4 members (excludes halogenated alkanes) is 1. The van der Waals surface area contributed by atoms with Crippen molar-refractivity contribution in [2.24, 2.45) is 0 Å². The van der Waals surface area contributed by atoms with E-state index in [9.17, 15) is 5.11 Å². The van der Waals surface area contributed by atoms with Gasteiger partial charge in [0.1, 0.15) is 0 Å². The molecule has 0 bridgehead atoms. The molecule has 0 saturated heterocycles. The zero-order chi connectivity index (χ0) is 9.61. The van der Waals surface area contributed by atoms with Crippen molar-refractivity contribution in [1.82, 2.24) is 0 Å². The third-order valence-corrected chi connectivity index (χ3v) is 1.69. The second-order valence-electron chi connectivity index (χ2n) is 3.64. The molecule has 0 radical (unpaired) electrons. The third-order valence-electron chi connectivity index (χ3n) is 1.69. The van der Waals surface area contributed by atoms with Gasteiger partial charge in [-0.25, -0.2) is 0 Å². The molecule has 0 aromatic carbocycles. The summed E-state index contributed by atoms with van der Waals surface area (Å²) >= 11 is 0. The Balaban J connectivity index is 3.72. The SMILES string of the molecule is C=C(C)CC(C)(O)CCCC#N. The minimum Gasteiger partial charge on any atom is -0.390 e. The fraction of sp³-hybridized carbons (Fsp3) is 0.700. The largest absolute Gasteiger partial charge is 0.390 e. The molecule has 0 amide bonds. The first-order valence-electron chi connectivity index (χ1n) is 4.21. The molecule has 0 aliphatic carbocycles. The first kappa shape index (κ1) is 11.2. The molecular formula is C10H17NO. The lowest BCUT2D eigenvalue weighted by molar-refractivity contribution is 0.0497. The van der Waals surface area contributed by atoms with Gasteiger partial charge in [0.15, 0.2) is 0 Å². The summed E-state index contributed by atoms with van der Waals surface area (Å²) in [7, 11) is 0. The van der Waals surface area contributed by atoms with E-state index >= 15 is 0 Å². The number of rotatable bonds is 5. The van der Waals surface area contributed by atoms with Crippen LogP contribution in [-0.4, -0.2) is 10.7 Å². The zero-order valence-electron chi connectivity index (χ0n) is 7.93. The standard InChI is InChI=1S/C10H17NO/c1-9(2)8-10(3,12)6-4-5-7-11/h12H,1,4-6,8H2,2-3H3. The Bertz CT molecular complexity index is 189. The van der Waals surface area contributed by atoms with Gasteiger partial charge in [-0.3, -0.25) is 0 Å². The molecule has 0 rings (SSSR count). The molecule has 1 N–H and O–H groups in total. The topological polar surface area (TPSA) is 44.0 Å². The van der Waals surface area contributed by atoms with Crippen LogP contribution in [0.3, 0.4) is 0 Å². The van der Waals surface area contributed by atoms with E-state index in [1.807, 2.05) is 6.92 Å². The molecule has 2 nitrogen and oxygen atoms in total. The summed E-state index contributed by atoms with van der Waals surface area (Å²) < 4.78 is 0. The molecule has 1 atom stereocenters. The van der Waals surface area contributed by atoms with E-state index in [2.05, 4.69) is 12.6 Å².